The second-order valence-electron chi connectivity index (χ2n) is 4.29. The van der Waals surface area contributed by atoms with Gasteiger partial charge in [0, 0.05) is 12.6 Å². The first-order valence-electron chi connectivity index (χ1n) is 6.19. The molecule has 1 rings (SSSR count). The van der Waals surface area contributed by atoms with Crippen molar-refractivity contribution in [1.82, 2.24) is 10.2 Å². The van der Waals surface area contributed by atoms with Gasteiger partial charge in [-0.1, -0.05) is 13.8 Å². The van der Waals surface area contributed by atoms with Crippen molar-refractivity contribution >= 4 is 0 Å². The van der Waals surface area contributed by atoms with Crippen LogP contribution in [0.3, 0.4) is 0 Å². The van der Waals surface area contributed by atoms with Crippen molar-refractivity contribution in [2.45, 2.75) is 39.8 Å². The quantitative estimate of drug-likeness (QED) is 0.772. The molecule has 3 nitrogen and oxygen atoms in total. The number of hydrogen-bond acceptors (Lipinski definition) is 3. The Morgan fingerprint density at radius 3 is 2.50 bits per heavy atom. The highest BCUT2D eigenvalue weighted by Crippen LogP contribution is 2.13. The third-order valence-corrected chi connectivity index (χ3v) is 2.93. The maximum atomic E-state index is 5.38. The zero-order valence-electron chi connectivity index (χ0n) is 10.9. The van der Waals surface area contributed by atoms with E-state index in [2.05, 4.69) is 37.9 Å². The molecule has 2 unspecified atom stereocenters. The molecular weight excluding hydrogens is 200 g/mol. The van der Waals surface area contributed by atoms with Crippen LogP contribution in [-0.4, -0.2) is 30.6 Å². The van der Waals surface area contributed by atoms with Crippen LogP contribution in [0.2, 0.25) is 0 Å². The average Bonchev–Trinajstić information content (AvgIpc) is 2.79. The van der Waals surface area contributed by atoms with E-state index in [0.29, 0.717) is 6.04 Å². The Bertz CT molecular complexity index is 267. The third kappa shape index (κ3) is 3.99. The van der Waals surface area contributed by atoms with Gasteiger partial charge < -0.3 is 14.6 Å². The number of furan rings is 1. The molecule has 92 valence electrons. The minimum atomic E-state index is 0.278. The van der Waals surface area contributed by atoms with E-state index in [0.717, 1.165) is 25.4 Å². The Balaban J connectivity index is 2.36. The zero-order chi connectivity index (χ0) is 12.0. The van der Waals surface area contributed by atoms with Gasteiger partial charge in [-0.25, -0.2) is 0 Å². The lowest BCUT2D eigenvalue weighted by Gasteiger charge is -2.25. The number of hydrogen-bond donors (Lipinski definition) is 1. The van der Waals surface area contributed by atoms with Crippen LogP contribution in [-0.2, 0) is 0 Å². The van der Waals surface area contributed by atoms with Gasteiger partial charge >= 0.3 is 0 Å². The van der Waals surface area contributed by atoms with Gasteiger partial charge in [0.2, 0.25) is 0 Å². The van der Waals surface area contributed by atoms with Crippen LogP contribution in [0.5, 0.6) is 0 Å². The first-order valence-corrected chi connectivity index (χ1v) is 6.19. The van der Waals surface area contributed by atoms with Crippen molar-refractivity contribution < 1.29 is 4.42 Å². The van der Waals surface area contributed by atoms with E-state index in [1.165, 1.54) is 0 Å². The highest BCUT2D eigenvalue weighted by Gasteiger charge is 2.13. The standard InChI is InChI=1S/C13H24N2O/c1-5-15(6-2)10-11(3)14-12(4)13-8-7-9-16-13/h7-9,11-12,14H,5-6,10H2,1-4H3. The van der Waals surface area contributed by atoms with E-state index < -0.39 is 0 Å². The number of nitrogens with zero attached hydrogens (tertiary/aromatic N) is 1. The van der Waals surface area contributed by atoms with Crippen LogP contribution in [0, 0.1) is 0 Å². The molecule has 0 amide bonds. The highest BCUT2D eigenvalue weighted by atomic mass is 16.3. The first-order chi connectivity index (χ1) is 7.67. The second-order valence-corrected chi connectivity index (χ2v) is 4.29. The van der Waals surface area contributed by atoms with E-state index in [1.807, 2.05) is 12.1 Å². The van der Waals surface area contributed by atoms with Crippen molar-refractivity contribution in [2.24, 2.45) is 0 Å². The van der Waals surface area contributed by atoms with Crippen LogP contribution in [0.15, 0.2) is 22.8 Å². The molecule has 0 aromatic carbocycles. The molecule has 0 saturated carbocycles. The molecule has 3 heteroatoms. The summed E-state index contributed by atoms with van der Waals surface area (Å²) >= 11 is 0. The van der Waals surface area contributed by atoms with Crippen LogP contribution in [0.1, 0.15) is 39.5 Å². The van der Waals surface area contributed by atoms with Gasteiger partial charge in [0.15, 0.2) is 0 Å². The molecule has 1 aromatic heterocycles. The minimum Gasteiger partial charge on any atom is -0.468 e. The van der Waals surface area contributed by atoms with Crippen molar-refractivity contribution in [3.63, 3.8) is 0 Å². The Morgan fingerprint density at radius 1 is 1.31 bits per heavy atom. The van der Waals surface area contributed by atoms with E-state index in [-0.39, 0.29) is 6.04 Å². The fraction of sp³-hybridized carbons (Fsp3) is 0.692. The normalized spacial score (nSPS) is 15.3. The minimum absolute atomic E-state index is 0.278. The van der Waals surface area contributed by atoms with E-state index >= 15 is 0 Å². The highest BCUT2D eigenvalue weighted by molar-refractivity contribution is 5.03. The Hall–Kier alpha value is -0.800. The molecule has 0 spiro atoms. The van der Waals surface area contributed by atoms with E-state index in [1.54, 1.807) is 6.26 Å². The molecule has 0 aliphatic carbocycles. The molecule has 0 aliphatic heterocycles. The summed E-state index contributed by atoms with van der Waals surface area (Å²) in [5.41, 5.74) is 0. The van der Waals surface area contributed by atoms with Gasteiger partial charge in [-0.05, 0) is 39.1 Å². The van der Waals surface area contributed by atoms with Crippen molar-refractivity contribution in [3.8, 4) is 0 Å². The molecule has 16 heavy (non-hydrogen) atoms. The Morgan fingerprint density at radius 2 is 2.00 bits per heavy atom. The van der Waals surface area contributed by atoms with Gasteiger partial charge in [-0.2, -0.15) is 0 Å². The van der Waals surface area contributed by atoms with Crippen LogP contribution >= 0.6 is 0 Å². The lowest BCUT2D eigenvalue weighted by Crippen LogP contribution is -2.40. The molecular formula is C13H24N2O. The molecule has 0 aliphatic rings. The molecule has 0 fully saturated rings. The van der Waals surface area contributed by atoms with Crippen molar-refractivity contribution in [3.05, 3.63) is 24.2 Å². The summed E-state index contributed by atoms with van der Waals surface area (Å²) in [7, 11) is 0. The van der Waals surface area contributed by atoms with Crippen LogP contribution in [0.25, 0.3) is 0 Å². The maximum absolute atomic E-state index is 5.38. The van der Waals surface area contributed by atoms with Gasteiger partial charge in [-0.3, -0.25) is 0 Å². The maximum Gasteiger partial charge on any atom is 0.120 e. The fourth-order valence-corrected chi connectivity index (χ4v) is 1.97. The molecule has 0 saturated heterocycles. The molecule has 1 aromatic rings. The van der Waals surface area contributed by atoms with E-state index in [9.17, 15) is 0 Å². The number of nitrogens with one attached hydrogen (secondary N) is 1. The lowest BCUT2D eigenvalue weighted by atomic mass is 10.2. The molecule has 0 bridgehead atoms. The Kier molecular flexibility index (Phi) is 5.56. The third-order valence-electron chi connectivity index (χ3n) is 2.93. The van der Waals surface area contributed by atoms with E-state index in [4.69, 9.17) is 4.42 Å². The van der Waals surface area contributed by atoms with Gasteiger partial charge in [0.05, 0.1) is 12.3 Å². The summed E-state index contributed by atoms with van der Waals surface area (Å²) in [4.78, 5) is 2.42. The smallest absolute Gasteiger partial charge is 0.120 e. The second kappa shape index (κ2) is 6.71. The summed E-state index contributed by atoms with van der Waals surface area (Å²) in [6.07, 6.45) is 1.72. The van der Waals surface area contributed by atoms with Gasteiger partial charge in [-0.15, -0.1) is 0 Å². The fourth-order valence-electron chi connectivity index (χ4n) is 1.97. The zero-order valence-corrected chi connectivity index (χ0v) is 10.9. The largest absolute Gasteiger partial charge is 0.468 e. The first kappa shape index (κ1) is 13.3. The number of rotatable bonds is 7. The van der Waals surface area contributed by atoms with Crippen molar-refractivity contribution in [1.29, 1.82) is 0 Å². The Labute approximate surface area is 98.8 Å². The van der Waals surface area contributed by atoms with Gasteiger partial charge in [0.1, 0.15) is 5.76 Å². The molecule has 1 N–H and O–H groups in total. The predicted octanol–water partition coefficient (Wildman–Crippen LogP) is 2.66. The molecule has 2 atom stereocenters. The van der Waals surface area contributed by atoms with Crippen molar-refractivity contribution in [2.75, 3.05) is 19.6 Å². The molecule has 1 heterocycles. The molecule has 0 radical (unpaired) electrons. The predicted molar refractivity (Wildman–Crippen MR) is 67.5 cm³/mol. The monoisotopic (exact) mass is 224 g/mol. The van der Waals surface area contributed by atoms with Gasteiger partial charge in [0.25, 0.3) is 0 Å². The summed E-state index contributed by atoms with van der Waals surface area (Å²) in [6, 6.07) is 4.70. The average molecular weight is 224 g/mol. The van der Waals surface area contributed by atoms with Crippen LogP contribution in [0.4, 0.5) is 0 Å². The lowest BCUT2D eigenvalue weighted by molar-refractivity contribution is 0.258. The SMILES string of the molecule is CCN(CC)CC(C)NC(C)c1ccco1. The number of likely N-dealkylation sites (N-methyl/N-ethyl adjacent to an activating group) is 1. The summed E-state index contributed by atoms with van der Waals surface area (Å²) in [5.74, 6) is 1.01. The summed E-state index contributed by atoms with van der Waals surface area (Å²) in [5, 5.41) is 3.55. The van der Waals surface area contributed by atoms with Crippen LogP contribution < -0.4 is 5.32 Å². The summed E-state index contributed by atoms with van der Waals surface area (Å²) in [6.45, 7) is 12.1. The summed E-state index contributed by atoms with van der Waals surface area (Å²) < 4.78 is 5.38. The topological polar surface area (TPSA) is 28.4 Å².